The summed E-state index contributed by atoms with van der Waals surface area (Å²) in [6.07, 6.45) is 1.92. The van der Waals surface area contributed by atoms with Gasteiger partial charge in [-0.05, 0) is 18.8 Å². The Hall–Kier alpha value is -2.12. The maximum absolute atomic E-state index is 9.55. The van der Waals surface area contributed by atoms with E-state index in [0.29, 0.717) is 12.8 Å². The van der Waals surface area contributed by atoms with Gasteiger partial charge in [-0.1, -0.05) is 13.3 Å². The number of rotatable bonds is 4. The van der Waals surface area contributed by atoms with Crippen molar-refractivity contribution in [2.45, 2.75) is 32.2 Å². The van der Waals surface area contributed by atoms with Gasteiger partial charge >= 0.3 is 0 Å². The minimum atomic E-state index is -1.65. The van der Waals surface area contributed by atoms with Crippen LogP contribution in [0.5, 0.6) is 0 Å². The third kappa shape index (κ3) is 2.00. The molecule has 0 aliphatic heterocycles. The van der Waals surface area contributed by atoms with Crippen molar-refractivity contribution in [1.82, 2.24) is 10.4 Å². The Labute approximate surface area is 119 Å². The minimum absolute atomic E-state index is 0.278. The van der Waals surface area contributed by atoms with Crippen LogP contribution in [0.25, 0.3) is 0 Å². The predicted molar refractivity (Wildman–Crippen MR) is 70.9 cm³/mol. The van der Waals surface area contributed by atoms with E-state index in [9.17, 15) is 21.0 Å². The standard InChI is InChI=1S/C14H18N6/c1-4-5-11-6-12(19-20(2)3)14(9-17,10-18)13(11,7-15)8-16/h11-12,19H,4-6H2,1-3H3. The number of nitriles is 4. The van der Waals surface area contributed by atoms with Crippen molar-refractivity contribution in [2.75, 3.05) is 14.1 Å². The van der Waals surface area contributed by atoms with Gasteiger partial charge in [-0.15, -0.1) is 0 Å². The smallest absolute Gasteiger partial charge is 0.192 e. The van der Waals surface area contributed by atoms with Gasteiger partial charge in [0.15, 0.2) is 10.8 Å². The van der Waals surface area contributed by atoms with E-state index in [1.807, 2.05) is 31.2 Å². The van der Waals surface area contributed by atoms with E-state index in [1.54, 1.807) is 19.1 Å². The molecule has 0 aromatic heterocycles. The van der Waals surface area contributed by atoms with Crippen LogP contribution in [0.3, 0.4) is 0 Å². The van der Waals surface area contributed by atoms with Gasteiger partial charge in [-0.3, -0.25) is 5.01 Å². The first-order valence-corrected chi connectivity index (χ1v) is 6.56. The molecule has 0 saturated heterocycles. The maximum atomic E-state index is 9.55. The second-order valence-electron chi connectivity index (χ2n) is 5.36. The zero-order valence-electron chi connectivity index (χ0n) is 12.0. The first-order valence-electron chi connectivity index (χ1n) is 6.56. The molecule has 1 aliphatic carbocycles. The molecule has 104 valence electrons. The number of hydrogen-bond donors (Lipinski definition) is 1. The second-order valence-corrected chi connectivity index (χ2v) is 5.36. The van der Waals surface area contributed by atoms with Crippen LogP contribution in [-0.2, 0) is 0 Å². The molecule has 6 nitrogen and oxygen atoms in total. The Balaban J connectivity index is 3.44. The highest BCUT2D eigenvalue weighted by Gasteiger charge is 2.68. The first-order chi connectivity index (χ1) is 9.47. The lowest BCUT2D eigenvalue weighted by Gasteiger charge is -2.32. The zero-order chi connectivity index (χ0) is 15.4. The number of nitrogens with one attached hydrogen (secondary N) is 1. The monoisotopic (exact) mass is 270 g/mol. The van der Waals surface area contributed by atoms with Crippen molar-refractivity contribution < 1.29 is 0 Å². The Kier molecular flexibility index (Phi) is 4.69. The van der Waals surface area contributed by atoms with Crippen molar-refractivity contribution >= 4 is 0 Å². The van der Waals surface area contributed by atoms with Gasteiger partial charge in [-0.25, -0.2) is 5.43 Å². The zero-order valence-corrected chi connectivity index (χ0v) is 12.0. The molecule has 1 aliphatic rings. The van der Waals surface area contributed by atoms with Crippen molar-refractivity contribution in [1.29, 1.82) is 21.0 Å². The molecule has 6 heteroatoms. The minimum Gasteiger partial charge on any atom is -0.250 e. The summed E-state index contributed by atoms with van der Waals surface area (Å²) in [5.41, 5.74) is -0.203. The summed E-state index contributed by atoms with van der Waals surface area (Å²) in [6.45, 7) is 1.96. The van der Waals surface area contributed by atoms with Gasteiger partial charge in [0.2, 0.25) is 0 Å². The Morgan fingerprint density at radius 1 is 1.05 bits per heavy atom. The molecular weight excluding hydrogens is 252 g/mol. The highest BCUT2D eigenvalue weighted by atomic mass is 15.5. The van der Waals surface area contributed by atoms with Crippen molar-refractivity contribution in [3.05, 3.63) is 0 Å². The molecule has 1 fully saturated rings. The topological polar surface area (TPSA) is 110 Å². The second kappa shape index (κ2) is 5.89. The van der Waals surface area contributed by atoms with Gasteiger partial charge in [0.05, 0.1) is 30.3 Å². The quantitative estimate of drug-likeness (QED) is 0.771. The van der Waals surface area contributed by atoms with Crippen LogP contribution in [0, 0.1) is 62.1 Å². The number of nitrogens with zero attached hydrogens (tertiary/aromatic N) is 5. The molecule has 2 atom stereocenters. The van der Waals surface area contributed by atoms with Crippen molar-refractivity contribution in [2.24, 2.45) is 16.7 Å². The van der Waals surface area contributed by atoms with E-state index in [0.717, 1.165) is 6.42 Å². The Bertz CT molecular complexity index is 496. The summed E-state index contributed by atoms with van der Waals surface area (Å²) in [6, 6.07) is 7.40. The normalized spacial score (nSPS) is 26.2. The lowest BCUT2D eigenvalue weighted by Crippen LogP contribution is -2.51. The summed E-state index contributed by atoms with van der Waals surface area (Å²) < 4.78 is 0. The van der Waals surface area contributed by atoms with Gasteiger partial charge in [0.1, 0.15) is 0 Å². The molecule has 0 aromatic carbocycles. The van der Waals surface area contributed by atoms with Crippen LogP contribution in [0.2, 0.25) is 0 Å². The van der Waals surface area contributed by atoms with Crippen LogP contribution in [-0.4, -0.2) is 25.1 Å². The Morgan fingerprint density at radius 2 is 1.55 bits per heavy atom. The maximum Gasteiger partial charge on any atom is 0.192 e. The fourth-order valence-electron chi connectivity index (χ4n) is 3.12. The van der Waals surface area contributed by atoms with Gasteiger partial charge in [-0.2, -0.15) is 21.0 Å². The third-order valence-corrected chi connectivity index (χ3v) is 4.03. The summed E-state index contributed by atoms with van der Waals surface area (Å²) in [5, 5.41) is 39.9. The first kappa shape index (κ1) is 15.9. The molecule has 0 aromatic rings. The van der Waals surface area contributed by atoms with Gasteiger partial charge in [0.25, 0.3) is 0 Å². The number of hydrazine groups is 1. The molecular formula is C14H18N6. The molecule has 0 amide bonds. The van der Waals surface area contributed by atoms with E-state index in [4.69, 9.17) is 0 Å². The fourth-order valence-corrected chi connectivity index (χ4v) is 3.12. The van der Waals surface area contributed by atoms with Gasteiger partial charge < -0.3 is 0 Å². The van der Waals surface area contributed by atoms with Crippen LogP contribution in [0.15, 0.2) is 0 Å². The molecule has 20 heavy (non-hydrogen) atoms. The van der Waals surface area contributed by atoms with Gasteiger partial charge in [0, 0.05) is 14.1 Å². The van der Waals surface area contributed by atoms with E-state index in [-0.39, 0.29) is 5.92 Å². The van der Waals surface area contributed by atoms with E-state index < -0.39 is 16.9 Å². The average molecular weight is 270 g/mol. The number of hydrogen-bond acceptors (Lipinski definition) is 6. The van der Waals surface area contributed by atoms with E-state index >= 15 is 0 Å². The molecule has 1 saturated carbocycles. The molecule has 1 N–H and O–H groups in total. The van der Waals surface area contributed by atoms with Crippen LogP contribution >= 0.6 is 0 Å². The summed E-state index contributed by atoms with van der Waals surface area (Å²) in [5.74, 6) is -0.278. The molecule has 1 rings (SSSR count). The Morgan fingerprint density at radius 3 is 1.90 bits per heavy atom. The molecule has 0 bridgehead atoms. The van der Waals surface area contributed by atoms with E-state index in [2.05, 4.69) is 5.43 Å². The third-order valence-electron chi connectivity index (χ3n) is 4.03. The van der Waals surface area contributed by atoms with Crippen molar-refractivity contribution in [3.63, 3.8) is 0 Å². The average Bonchev–Trinajstić information content (AvgIpc) is 2.68. The van der Waals surface area contributed by atoms with Crippen LogP contribution in [0.4, 0.5) is 0 Å². The molecule has 0 spiro atoms. The summed E-state index contributed by atoms with van der Waals surface area (Å²) >= 11 is 0. The highest BCUT2D eigenvalue weighted by molar-refractivity contribution is 5.41. The SMILES string of the molecule is CCCC1CC(NN(C)C)C(C#N)(C#N)C1(C#N)C#N. The summed E-state index contributed by atoms with van der Waals surface area (Å²) in [7, 11) is 3.51. The van der Waals surface area contributed by atoms with Crippen LogP contribution in [0.1, 0.15) is 26.2 Å². The molecule has 0 radical (unpaired) electrons. The summed E-state index contributed by atoms with van der Waals surface area (Å²) in [4.78, 5) is 0. The van der Waals surface area contributed by atoms with Crippen LogP contribution < -0.4 is 5.43 Å². The highest BCUT2D eigenvalue weighted by Crippen LogP contribution is 2.56. The fraction of sp³-hybridized carbons (Fsp3) is 0.714. The lowest BCUT2D eigenvalue weighted by atomic mass is 9.63. The molecule has 0 heterocycles. The van der Waals surface area contributed by atoms with Crippen molar-refractivity contribution in [3.8, 4) is 24.3 Å². The molecule has 2 unspecified atom stereocenters. The van der Waals surface area contributed by atoms with E-state index in [1.165, 1.54) is 0 Å². The largest absolute Gasteiger partial charge is 0.250 e. The predicted octanol–water partition coefficient (Wildman–Crippen LogP) is 1.31. The lowest BCUT2D eigenvalue weighted by molar-refractivity contribution is 0.180.